The summed E-state index contributed by atoms with van der Waals surface area (Å²) in [6.07, 6.45) is 5.92. The molecule has 13 heavy (non-hydrogen) atoms. The molecular weight excluding hydrogens is 191 g/mol. The molecule has 0 aliphatic rings. The van der Waals surface area contributed by atoms with Gasteiger partial charge in [0.05, 0.1) is 5.02 Å². The average Bonchev–Trinajstić information content (AvgIpc) is 2.12. The summed E-state index contributed by atoms with van der Waals surface area (Å²) in [6, 6.07) is 1.52. The van der Waals surface area contributed by atoms with Crippen molar-refractivity contribution in [1.82, 2.24) is 4.98 Å². The Morgan fingerprint density at radius 3 is 3.00 bits per heavy atom. The van der Waals surface area contributed by atoms with Crippen LogP contribution in [0.25, 0.3) is 6.08 Å². The highest BCUT2D eigenvalue weighted by Crippen LogP contribution is 2.14. The standard InChI is InChI=1S/C9H10ClFN2/c10-8-5-7(3-1-2-4-12)6-13-9(8)11/h1,3,5-6H,2,4,12H2. The molecule has 1 aromatic rings. The summed E-state index contributed by atoms with van der Waals surface area (Å²) in [4.78, 5) is 3.48. The van der Waals surface area contributed by atoms with Gasteiger partial charge in [0, 0.05) is 6.20 Å². The smallest absolute Gasteiger partial charge is 0.231 e. The Morgan fingerprint density at radius 2 is 2.38 bits per heavy atom. The third-order valence-corrected chi connectivity index (χ3v) is 1.73. The fourth-order valence-corrected chi connectivity index (χ4v) is 1.02. The van der Waals surface area contributed by atoms with Crippen molar-refractivity contribution in [3.05, 3.63) is 34.9 Å². The van der Waals surface area contributed by atoms with Crippen molar-refractivity contribution in [2.45, 2.75) is 6.42 Å². The van der Waals surface area contributed by atoms with E-state index in [1.54, 1.807) is 0 Å². The van der Waals surface area contributed by atoms with Crippen molar-refractivity contribution in [1.29, 1.82) is 0 Å². The Bertz CT molecular complexity index is 312. The van der Waals surface area contributed by atoms with E-state index in [-0.39, 0.29) is 5.02 Å². The van der Waals surface area contributed by atoms with Crippen LogP contribution in [0.1, 0.15) is 12.0 Å². The summed E-state index contributed by atoms with van der Waals surface area (Å²) in [5.74, 6) is -0.641. The maximum absolute atomic E-state index is 12.6. The first-order valence-corrected chi connectivity index (χ1v) is 4.29. The number of nitrogens with zero attached hydrogens (tertiary/aromatic N) is 1. The number of hydrogen-bond acceptors (Lipinski definition) is 2. The van der Waals surface area contributed by atoms with Crippen molar-refractivity contribution >= 4 is 17.7 Å². The Balaban J connectivity index is 2.73. The molecule has 0 amide bonds. The van der Waals surface area contributed by atoms with E-state index in [1.165, 1.54) is 12.3 Å². The van der Waals surface area contributed by atoms with E-state index in [0.717, 1.165) is 12.0 Å². The lowest BCUT2D eigenvalue weighted by Crippen LogP contribution is -1.95. The topological polar surface area (TPSA) is 38.9 Å². The summed E-state index contributed by atoms with van der Waals surface area (Å²) < 4.78 is 12.6. The van der Waals surface area contributed by atoms with Crippen LogP contribution in [0, 0.1) is 5.95 Å². The van der Waals surface area contributed by atoms with Crippen LogP contribution in [0.4, 0.5) is 4.39 Å². The molecule has 2 nitrogen and oxygen atoms in total. The van der Waals surface area contributed by atoms with Crippen LogP contribution in [-0.4, -0.2) is 11.5 Å². The van der Waals surface area contributed by atoms with Gasteiger partial charge in [-0.25, -0.2) is 4.98 Å². The highest BCUT2D eigenvalue weighted by molar-refractivity contribution is 6.30. The molecule has 0 saturated heterocycles. The average molecular weight is 201 g/mol. The van der Waals surface area contributed by atoms with Gasteiger partial charge in [-0.2, -0.15) is 4.39 Å². The molecule has 4 heteroatoms. The molecule has 0 aromatic carbocycles. The quantitative estimate of drug-likeness (QED) is 0.760. The Labute approximate surface area is 81.2 Å². The van der Waals surface area contributed by atoms with Crippen molar-refractivity contribution in [2.24, 2.45) is 5.73 Å². The number of pyridine rings is 1. The predicted octanol–water partition coefficient (Wildman–Crippen LogP) is 2.24. The van der Waals surface area contributed by atoms with Crippen molar-refractivity contribution in [3.8, 4) is 0 Å². The van der Waals surface area contributed by atoms with Crippen molar-refractivity contribution in [3.63, 3.8) is 0 Å². The van der Waals surface area contributed by atoms with E-state index >= 15 is 0 Å². The highest BCUT2D eigenvalue weighted by atomic mass is 35.5. The van der Waals surface area contributed by atoms with Gasteiger partial charge in [-0.15, -0.1) is 0 Å². The summed E-state index contributed by atoms with van der Waals surface area (Å²) in [5.41, 5.74) is 6.07. The molecule has 0 bridgehead atoms. The normalized spacial score (nSPS) is 11.0. The molecule has 0 aliphatic carbocycles. The Morgan fingerprint density at radius 1 is 1.62 bits per heavy atom. The van der Waals surface area contributed by atoms with E-state index in [0.29, 0.717) is 6.54 Å². The van der Waals surface area contributed by atoms with Crippen LogP contribution in [-0.2, 0) is 0 Å². The fraction of sp³-hybridized carbons (Fsp3) is 0.222. The van der Waals surface area contributed by atoms with Gasteiger partial charge in [-0.1, -0.05) is 23.8 Å². The van der Waals surface area contributed by atoms with E-state index in [2.05, 4.69) is 4.98 Å². The van der Waals surface area contributed by atoms with E-state index in [9.17, 15) is 4.39 Å². The first-order chi connectivity index (χ1) is 6.24. The minimum atomic E-state index is -0.641. The molecule has 0 spiro atoms. The van der Waals surface area contributed by atoms with Crippen molar-refractivity contribution < 1.29 is 4.39 Å². The third-order valence-electron chi connectivity index (χ3n) is 1.46. The molecule has 1 aromatic heterocycles. The van der Waals surface area contributed by atoms with E-state index in [1.807, 2.05) is 12.2 Å². The predicted molar refractivity (Wildman–Crippen MR) is 51.9 cm³/mol. The summed E-state index contributed by atoms with van der Waals surface area (Å²) in [7, 11) is 0. The van der Waals surface area contributed by atoms with Gasteiger partial charge in [0.2, 0.25) is 5.95 Å². The third kappa shape index (κ3) is 3.13. The summed E-state index contributed by atoms with van der Waals surface area (Å²) in [6.45, 7) is 0.596. The summed E-state index contributed by atoms with van der Waals surface area (Å²) >= 11 is 5.53. The second kappa shape index (κ2) is 4.94. The molecule has 2 N–H and O–H groups in total. The van der Waals surface area contributed by atoms with Gasteiger partial charge < -0.3 is 5.73 Å². The van der Waals surface area contributed by atoms with Gasteiger partial charge in [0.15, 0.2) is 0 Å². The first-order valence-electron chi connectivity index (χ1n) is 3.91. The number of halogens is 2. The van der Waals surface area contributed by atoms with Crippen LogP contribution in [0.5, 0.6) is 0 Å². The molecule has 0 fully saturated rings. The highest BCUT2D eigenvalue weighted by Gasteiger charge is 1.99. The zero-order valence-corrected chi connectivity index (χ0v) is 7.76. The molecule has 70 valence electrons. The number of hydrogen-bond donors (Lipinski definition) is 1. The summed E-state index contributed by atoms with van der Waals surface area (Å²) in [5, 5.41) is 0.0369. The molecule has 0 unspecified atom stereocenters. The van der Waals surface area contributed by atoms with Crippen LogP contribution in [0.15, 0.2) is 18.3 Å². The second-order valence-electron chi connectivity index (χ2n) is 2.52. The van der Waals surface area contributed by atoms with Gasteiger partial charge in [-0.05, 0) is 24.6 Å². The number of rotatable bonds is 3. The number of nitrogens with two attached hydrogens (primary N) is 1. The monoisotopic (exact) mass is 200 g/mol. The SMILES string of the molecule is NCCC=Cc1cnc(F)c(Cl)c1. The van der Waals surface area contributed by atoms with Gasteiger partial charge in [0.25, 0.3) is 0 Å². The second-order valence-corrected chi connectivity index (χ2v) is 2.93. The molecule has 0 atom stereocenters. The molecule has 1 heterocycles. The number of aromatic nitrogens is 1. The van der Waals surface area contributed by atoms with Gasteiger partial charge >= 0.3 is 0 Å². The zero-order chi connectivity index (χ0) is 9.68. The molecular formula is C9H10ClFN2. The van der Waals surface area contributed by atoms with Gasteiger partial charge in [0.1, 0.15) is 0 Å². The largest absolute Gasteiger partial charge is 0.330 e. The Hall–Kier alpha value is -0.930. The molecule has 0 radical (unpaired) electrons. The zero-order valence-electron chi connectivity index (χ0n) is 7.00. The fourth-order valence-electron chi connectivity index (χ4n) is 0.843. The molecule has 0 aliphatic heterocycles. The Kier molecular flexibility index (Phi) is 3.86. The lowest BCUT2D eigenvalue weighted by molar-refractivity contribution is 0.584. The van der Waals surface area contributed by atoms with Crippen LogP contribution in [0.2, 0.25) is 5.02 Å². The maximum Gasteiger partial charge on any atom is 0.231 e. The molecule has 1 rings (SSSR count). The van der Waals surface area contributed by atoms with Crippen molar-refractivity contribution in [2.75, 3.05) is 6.54 Å². The van der Waals surface area contributed by atoms with Crippen LogP contribution < -0.4 is 5.73 Å². The van der Waals surface area contributed by atoms with E-state index in [4.69, 9.17) is 17.3 Å². The van der Waals surface area contributed by atoms with E-state index < -0.39 is 5.95 Å². The maximum atomic E-state index is 12.6. The van der Waals surface area contributed by atoms with Crippen LogP contribution >= 0.6 is 11.6 Å². The minimum Gasteiger partial charge on any atom is -0.330 e. The van der Waals surface area contributed by atoms with Gasteiger partial charge in [-0.3, -0.25) is 0 Å². The lowest BCUT2D eigenvalue weighted by Gasteiger charge is -1.95. The van der Waals surface area contributed by atoms with Crippen LogP contribution in [0.3, 0.4) is 0 Å². The molecule has 0 saturated carbocycles. The lowest BCUT2D eigenvalue weighted by atomic mass is 10.2. The first kappa shape index (κ1) is 10.2. The minimum absolute atomic E-state index is 0.0369.